The second kappa shape index (κ2) is 3.15. The highest BCUT2D eigenvalue weighted by Gasteiger charge is 2.53. The minimum Gasteiger partial charge on any atom is -0.385 e. The summed E-state index contributed by atoms with van der Waals surface area (Å²) in [4.78, 5) is 0. The molecule has 2 saturated heterocycles. The number of hydrogen-bond acceptors (Lipinski definition) is 5. The third-order valence-corrected chi connectivity index (χ3v) is 2.61. The zero-order chi connectivity index (χ0) is 10.5. The van der Waals surface area contributed by atoms with Gasteiger partial charge in [0.25, 0.3) is 0 Å². The molecule has 0 aromatic heterocycles. The van der Waals surface area contributed by atoms with Crippen LogP contribution in [0.3, 0.4) is 0 Å². The average molecular weight is 204 g/mol. The molecule has 5 heteroatoms. The van der Waals surface area contributed by atoms with E-state index in [9.17, 15) is 10.2 Å². The fourth-order valence-corrected chi connectivity index (χ4v) is 1.98. The van der Waals surface area contributed by atoms with Crippen molar-refractivity contribution in [2.45, 2.75) is 57.3 Å². The summed E-state index contributed by atoms with van der Waals surface area (Å²) in [6.07, 6.45) is -3.34. The predicted molar refractivity (Wildman–Crippen MR) is 46.4 cm³/mol. The summed E-state index contributed by atoms with van der Waals surface area (Å²) in [5, 5.41) is 19.0. The van der Waals surface area contributed by atoms with Crippen LogP contribution in [0.4, 0.5) is 0 Å². The molecule has 0 aliphatic carbocycles. The largest absolute Gasteiger partial charge is 0.385 e. The van der Waals surface area contributed by atoms with Gasteiger partial charge in [-0.1, -0.05) is 0 Å². The van der Waals surface area contributed by atoms with Crippen molar-refractivity contribution in [3.63, 3.8) is 0 Å². The van der Waals surface area contributed by atoms with E-state index < -0.39 is 24.3 Å². The second-order valence-corrected chi connectivity index (χ2v) is 4.29. The monoisotopic (exact) mass is 204 g/mol. The molecule has 2 rings (SSSR count). The number of hydrogen-bond donors (Lipinski definition) is 2. The van der Waals surface area contributed by atoms with Gasteiger partial charge in [-0.3, -0.25) is 0 Å². The van der Waals surface area contributed by atoms with Gasteiger partial charge < -0.3 is 24.4 Å². The van der Waals surface area contributed by atoms with E-state index in [1.165, 1.54) is 0 Å². The van der Waals surface area contributed by atoms with Gasteiger partial charge in [0.2, 0.25) is 0 Å². The summed E-state index contributed by atoms with van der Waals surface area (Å²) in [5.74, 6) is -0.724. The van der Waals surface area contributed by atoms with Gasteiger partial charge in [-0.05, 0) is 20.8 Å². The van der Waals surface area contributed by atoms with E-state index in [0.29, 0.717) is 0 Å². The molecule has 0 saturated carbocycles. The third kappa shape index (κ3) is 1.55. The molecule has 0 bridgehead atoms. The highest BCUT2D eigenvalue weighted by atomic mass is 16.8. The molecule has 5 nitrogen and oxygen atoms in total. The van der Waals surface area contributed by atoms with Crippen LogP contribution >= 0.6 is 0 Å². The van der Waals surface area contributed by atoms with Crippen LogP contribution in [0.5, 0.6) is 0 Å². The van der Waals surface area contributed by atoms with Crippen molar-refractivity contribution in [1.82, 2.24) is 0 Å². The van der Waals surface area contributed by atoms with Crippen LogP contribution in [-0.2, 0) is 14.2 Å². The number of rotatable bonds is 0. The van der Waals surface area contributed by atoms with Gasteiger partial charge in [0.1, 0.15) is 18.3 Å². The molecule has 0 aromatic carbocycles. The maximum absolute atomic E-state index is 9.62. The first-order valence-corrected chi connectivity index (χ1v) is 4.78. The standard InChI is InChI=1S/C9H16O5/c1-4-6-7(5(10)8(11)12-4)14-9(2,3)13-6/h4-8,10-11H,1-3H3/t4-,5+,6-,7-,8+/m0/s1. The smallest absolute Gasteiger partial charge is 0.183 e. The van der Waals surface area contributed by atoms with Crippen molar-refractivity contribution in [2.75, 3.05) is 0 Å². The summed E-state index contributed by atoms with van der Waals surface area (Å²) < 4.78 is 16.2. The van der Waals surface area contributed by atoms with Crippen LogP contribution in [0, 0.1) is 0 Å². The first-order valence-electron chi connectivity index (χ1n) is 4.78. The Labute approximate surface area is 82.6 Å². The Morgan fingerprint density at radius 1 is 1.07 bits per heavy atom. The van der Waals surface area contributed by atoms with Gasteiger partial charge in [0.15, 0.2) is 12.1 Å². The van der Waals surface area contributed by atoms with Gasteiger partial charge in [0, 0.05) is 0 Å². The molecule has 2 aliphatic heterocycles. The fraction of sp³-hybridized carbons (Fsp3) is 1.00. The van der Waals surface area contributed by atoms with Crippen LogP contribution in [0.2, 0.25) is 0 Å². The molecule has 0 radical (unpaired) electrons. The Morgan fingerprint density at radius 2 is 1.64 bits per heavy atom. The maximum Gasteiger partial charge on any atom is 0.183 e. The van der Waals surface area contributed by atoms with Crippen LogP contribution in [-0.4, -0.2) is 46.7 Å². The fourth-order valence-electron chi connectivity index (χ4n) is 1.98. The van der Waals surface area contributed by atoms with Crippen molar-refractivity contribution >= 4 is 0 Å². The van der Waals surface area contributed by atoms with Crippen LogP contribution in [0.1, 0.15) is 20.8 Å². The van der Waals surface area contributed by atoms with Gasteiger partial charge in [0.05, 0.1) is 6.10 Å². The molecule has 2 N–H and O–H groups in total. The van der Waals surface area contributed by atoms with E-state index in [2.05, 4.69) is 0 Å². The molecule has 0 aromatic rings. The minimum absolute atomic E-state index is 0.278. The van der Waals surface area contributed by atoms with Gasteiger partial charge in [-0.25, -0.2) is 0 Å². The number of ether oxygens (including phenoxy) is 3. The summed E-state index contributed by atoms with van der Waals surface area (Å²) in [5.41, 5.74) is 0. The Morgan fingerprint density at radius 3 is 2.29 bits per heavy atom. The van der Waals surface area contributed by atoms with E-state index >= 15 is 0 Å². The third-order valence-electron chi connectivity index (χ3n) is 2.61. The topological polar surface area (TPSA) is 68.2 Å². The SMILES string of the molecule is C[C@@H]1O[C@@H](O)[C@H](O)[C@@H]2OC(C)(C)O[C@H]21. The number of aliphatic hydroxyl groups excluding tert-OH is 2. The zero-order valence-corrected chi connectivity index (χ0v) is 8.51. The van der Waals surface area contributed by atoms with Gasteiger partial charge >= 0.3 is 0 Å². The van der Waals surface area contributed by atoms with Crippen LogP contribution in [0.25, 0.3) is 0 Å². The molecule has 0 spiro atoms. The van der Waals surface area contributed by atoms with Crippen molar-refractivity contribution in [3.05, 3.63) is 0 Å². The minimum atomic E-state index is -1.19. The highest BCUT2D eigenvalue weighted by molar-refractivity contribution is 4.94. The van der Waals surface area contributed by atoms with Crippen molar-refractivity contribution in [3.8, 4) is 0 Å². The molecule has 2 aliphatic rings. The lowest BCUT2D eigenvalue weighted by Gasteiger charge is -2.36. The predicted octanol–water partition coefficient (Wildman–Crippen LogP) is -0.396. The van der Waals surface area contributed by atoms with Crippen molar-refractivity contribution < 1.29 is 24.4 Å². The van der Waals surface area contributed by atoms with Gasteiger partial charge in [-0.15, -0.1) is 0 Å². The Balaban J connectivity index is 2.18. The van der Waals surface area contributed by atoms with E-state index in [1.54, 1.807) is 20.8 Å². The number of fused-ring (bicyclic) bond motifs is 1. The summed E-state index contributed by atoms with van der Waals surface area (Å²) in [6.45, 7) is 5.34. The summed E-state index contributed by atoms with van der Waals surface area (Å²) >= 11 is 0. The van der Waals surface area contributed by atoms with E-state index in [1.807, 2.05) is 0 Å². The summed E-state index contributed by atoms with van der Waals surface area (Å²) in [7, 11) is 0. The molecular formula is C9H16O5. The Hall–Kier alpha value is -0.200. The van der Waals surface area contributed by atoms with E-state index in [4.69, 9.17) is 14.2 Å². The quantitative estimate of drug-likeness (QED) is 0.562. The second-order valence-electron chi connectivity index (χ2n) is 4.29. The van der Waals surface area contributed by atoms with E-state index in [-0.39, 0.29) is 12.2 Å². The van der Waals surface area contributed by atoms with Crippen molar-refractivity contribution in [2.24, 2.45) is 0 Å². The molecule has 82 valence electrons. The lowest BCUT2D eigenvalue weighted by Crippen LogP contribution is -2.55. The highest BCUT2D eigenvalue weighted by Crippen LogP contribution is 2.36. The van der Waals surface area contributed by atoms with Crippen LogP contribution < -0.4 is 0 Å². The lowest BCUT2D eigenvalue weighted by atomic mass is 10.0. The average Bonchev–Trinajstić information content (AvgIpc) is 2.38. The molecular weight excluding hydrogens is 188 g/mol. The number of aliphatic hydroxyl groups is 2. The first-order chi connectivity index (χ1) is 6.41. The van der Waals surface area contributed by atoms with Crippen LogP contribution in [0.15, 0.2) is 0 Å². The molecule has 0 unspecified atom stereocenters. The molecule has 2 fully saturated rings. The maximum atomic E-state index is 9.62. The Kier molecular flexibility index (Phi) is 2.32. The molecule has 2 heterocycles. The lowest BCUT2D eigenvalue weighted by molar-refractivity contribution is -0.255. The Bertz CT molecular complexity index is 229. The molecule has 0 amide bonds. The van der Waals surface area contributed by atoms with E-state index in [0.717, 1.165) is 0 Å². The normalized spacial score (nSPS) is 51.6. The first kappa shape index (κ1) is 10.3. The molecule has 14 heavy (non-hydrogen) atoms. The van der Waals surface area contributed by atoms with Gasteiger partial charge in [-0.2, -0.15) is 0 Å². The summed E-state index contributed by atoms with van der Waals surface area (Å²) in [6, 6.07) is 0. The van der Waals surface area contributed by atoms with Crippen molar-refractivity contribution in [1.29, 1.82) is 0 Å². The zero-order valence-electron chi connectivity index (χ0n) is 8.51. The molecule has 5 atom stereocenters.